The Morgan fingerprint density at radius 1 is 1.37 bits per heavy atom. The number of carbonyl (C=O) groups is 1. The highest BCUT2D eigenvalue weighted by atomic mass is 79.9. The van der Waals surface area contributed by atoms with Crippen LogP contribution < -0.4 is 9.47 Å². The molecule has 0 aliphatic carbocycles. The number of rotatable bonds is 7. The van der Waals surface area contributed by atoms with Gasteiger partial charge in [0.05, 0.1) is 18.2 Å². The van der Waals surface area contributed by atoms with E-state index in [-0.39, 0.29) is 0 Å². The van der Waals surface area contributed by atoms with Crippen LogP contribution in [0.4, 0.5) is 0 Å². The van der Waals surface area contributed by atoms with Gasteiger partial charge >= 0.3 is 5.97 Å². The molecule has 0 atom stereocenters. The van der Waals surface area contributed by atoms with Crippen LogP contribution in [0, 0.1) is 0 Å². The number of hydrogen-bond donors (Lipinski definition) is 1. The number of methoxy groups -OCH3 is 2. The van der Waals surface area contributed by atoms with Crippen molar-refractivity contribution in [3.8, 4) is 11.5 Å². The van der Waals surface area contributed by atoms with E-state index in [1.165, 1.54) is 13.2 Å². The summed E-state index contributed by atoms with van der Waals surface area (Å²) in [5.74, 6) is 0.0815. The van der Waals surface area contributed by atoms with E-state index in [1.54, 1.807) is 19.2 Å². The molecule has 19 heavy (non-hydrogen) atoms. The van der Waals surface area contributed by atoms with Crippen molar-refractivity contribution in [3.05, 3.63) is 28.2 Å². The van der Waals surface area contributed by atoms with Gasteiger partial charge in [-0.15, -0.1) is 0 Å². The zero-order valence-electron chi connectivity index (χ0n) is 10.7. The Kier molecular flexibility index (Phi) is 6.38. The summed E-state index contributed by atoms with van der Waals surface area (Å²) in [6.45, 7) is 0.867. The van der Waals surface area contributed by atoms with Gasteiger partial charge in [-0.05, 0) is 39.7 Å². The third kappa shape index (κ3) is 4.92. The summed E-state index contributed by atoms with van der Waals surface area (Å²) in [6.07, 6.45) is 2.54. The van der Waals surface area contributed by atoms with Crippen LogP contribution in [0.2, 0.25) is 0 Å². The van der Waals surface area contributed by atoms with E-state index in [0.717, 1.165) is 6.08 Å². The largest absolute Gasteiger partial charge is 0.493 e. The first-order valence-corrected chi connectivity index (χ1v) is 6.28. The van der Waals surface area contributed by atoms with Crippen LogP contribution in [0.3, 0.4) is 0 Å². The van der Waals surface area contributed by atoms with Gasteiger partial charge in [0.2, 0.25) is 0 Å². The molecule has 1 rings (SSSR count). The van der Waals surface area contributed by atoms with Gasteiger partial charge in [0.15, 0.2) is 11.5 Å². The Morgan fingerprint density at radius 3 is 2.68 bits per heavy atom. The maximum atomic E-state index is 10.5. The van der Waals surface area contributed by atoms with Crippen LogP contribution in [0.15, 0.2) is 22.7 Å². The zero-order valence-corrected chi connectivity index (χ0v) is 12.3. The lowest BCUT2D eigenvalue weighted by Crippen LogP contribution is -2.06. The molecule has 0 amide bonds. The summed E-state index contributed by atoms with van der Waals surface area (Å²) in [6, 6.07) is 3.45. The number of carboxylic acid groups (broad SMARTS) is 1. The fraction of sp³-hybridized carbons (Fsp3) is 0.308. The van der Waals surface area contributed by atoms with Crippen molar-refractivity contribution in [2.75, 3.05) is 27.4 Å². The highest BCUT2D eigenvalue weighted by Crippen LogP contribution is 2.36. The fourth-order valence-corrected chi connectivity index (χ4v) is 1.94. The Balaban J connectivity index is 2.97. The maximum absolute atomic E-state index is 10.5. The van der Waals surface area contributed by atoms with E-state index < -0.39 is 5.97 Å². The number of ether oxygens (including phenoxy) is 3. The van der Waals surface area contributed by atoms with Gasteiger partial charge in [0, 0.05) is 13.2 Å². The van der Waals surface area contributed by atoms with Crippen molar-refractivity contribution in [2.24, 2.45) is 0 Å². The van der Waals surface area contributed by atoms with E-state index in [2.05, 4.69) is 15.9 Å². The molecule has 0 radical (unpaired) electrons. The predicted octanol–water partition coefficient (Wildman–Crippen LogP) is 2.58. The van der Waals surface area contributed by atoms with E-state index in [9.17, 15) is 4.79 Å². The van der Waals surface area contributed by atoms with Crippen LogP contribution in [0.25, 0.3) is 6.08 Å². The minimum atomic E-state index is -1.00. The van der Waals surface area contributed by atoms with Gasteiger partial charge in [-0.3, -0.25) is 0 Å². The molecule has 6 heteroatoms. The van der Waals surface area contributed by atoms with Crippen molar-refractivity contribution in [1.82, 2.24) is 0 Å². The normalized spacial score (nSPS) is 10.7. The van der Waals surface area contributed by atoms with Crippen LogP contribution >= 0.6 is 15.9 Å². The Labute approximate surface area is 119 Å². The van der Waals surface area contributed by atoms with Crippen molar-refractivity contribution < 1.29 is 24.1 Å². The molecule has 0 saturated carbocycles. The second-order valence-corrected chi connectivity index (χ2v) is 4.40. The van der Waals surface area contributed by atoms with Gasteiger partial charge < -0.3 is 19.3 Å². The van der Waals surface area contributed by atoms with Crippen molar-refractivity contribution in [2.45, 2.75) is 0 Å². The molecule has 0 spiro atoms. The molecule has 0 heterocycles. The molecule has 0 aliphatic rings. The number of halogens is 1. The van der Waals surface area contributed by atoms with Crippen LogP contribution in [0.5, 0.6) is 11.5 Å². The molecule has 0 fully saturated rings. The second kappa shape index (κ2) is 7.81. The van der Waals surface area contributed by atoms with E-state index in [0.29, 0.717) is 34.7 Å². The number of hydrogen-bond acceptors (Lipinski definition) is 4. The first kappa shape index (κ1) is 15.5. The standard InChI is InChI=1S/C13H15BrO5/c1-17-5-6-19-13-10(14)7-9(3-4-12(15)16)8-11(13)18-2/h3-4,7-8H,5-6H2,1-2H3,(H,15,16)/b4-3+. The summed E-state index contributed by atoms with van der Waals surface area (Å²) >= 11 is 3.37. The average molecular weight is 331 g/mol. The van der Waals surface area contributed by atoms with Crippen LogP contribution in [-0.4, -0.2) is 38.5 Å². The Hall–Kier alpha value is -1.53. The molecule has 5 nitrogen and oxygen atoms in total. The second-order valence-electron chi connectivity index (χ2n) is 3.55. The molecule has 1 aromatic carbocycles. The van der Waals surface area contributed by atoms with Gasteiger partial charge in [-0.25, -0.2) is 4.79 Å². The molecule has 0 unspecified atom stereocenters. The summed E-state index contributed by atoms with van der Waals surface area (Å²) < 4.78 is 16.4. The molecule has 0 aromatic heterocycles. The average Bonchev–Trinajstić information content (AvgIpc) is 2.38. The summed E-state index contributed by atoms with van der Waals surface area (Å²) in [7, 11) is 3.12. The van der Waals surface area contributed by atoms with Crippen LogP contribution in [-0.2, 0) is 9.53 Å². The topological polar surface area (TPSA) is 65.0 Å². The number of carboxylic acids is 1. The van der Waals surface area contributed by atoms with Crippen LogP contribution in [0.1, 0.15) is 5.56 Å². The minimum absolute atomic E-state index is 0.399. The molecule has 0 aliphatic heterocycles. The number of benzene rings is 1. The lowest BCUT2D eigenvalue weighted by molar-refractivity contribution is -0.131. The SMILES string of the molecule is COCCOc1c(Br)cc(/C=C/C(=O)O)cc1OC. The molecule has 104 valence electrons. The third-order valence-electron chi connectivity index (χ3n) is 2.20. The van der Waals surface area contributed by atoms with Gasteiger partial charge in [0.1, 0.15) is 6.61 Å². The first-order chi connectivity index (χ1) is 9.08. The minimum Gasteiger partial charge on any atom is -0.493 e. The van der Waals surface area contributed by atoms with Gasteiger partial charge in [0.25, 0.3) is 0 Å². The quantitative estimate of drug-likeness (QED) is 0.615. The lowest BCUT2D eigenvalue weighted by Gasteiger charge is -2.13. The smallest absolute Gasteiger partial charge is 0.328 e. The molecule has 0 saturated heterocycles. The third-order valence-corrected chi connectivity index (χ3v) is 2.79. The molecular weight excluding hydrogens is 316 g/mol. The van der Waals surface area contributed by atoms with E-state index in [1.807, 2.05) is 0 Å². The van der Waals surface area contributed by atoms with Crippen molar-refractivity contribution in [3.63, 3.8) is 0 Å². The van der Waals surface area contributed by atoms with Crippen molar-refractivity contribution in [1.29, 1.82) is 0 Å². The van der Waals surface area contributed by atoms with E-state index >= 15 is 0 Å². The monoisotopic (exact) mass is 330 g/mol. The lowest BCUT2D eigenvalue weighted by atomic mass is 10.2. The predicted molar refractivity (Wildman–Crippen MR) is 74.7 cm³/mol. The molecule has 0 bridgehead atoms. The first-order valence-electron chi connectivity index (χ1n) is 5.48. The Bertz CT molecular complexity index is 470. The van der Waals surface area contributed by atoms with E-state index in [4.69, 9.17) is 19.3 Å². The van der Waals surface area contributed by atoms with Crippen molar-refractivity contribution >= 4 is 28.0 Å². The highest BCUT2D eigenvalue weighted by molar-refractivity contribution is 9.10. The molecule has 1 N–H and O–H groups in total. The van der Waals surface area contributed by atoms with Gasteiger partial charge in [-0.1, -0.05) is 0 Å². The fourth-order valence-electron chi connectivity index (χ4n) is 1.37. The maximum Gasteiger partial charge on any atom is 0.328 e. The zero-order chi connectivity index (χ0) is 14.3. The molecule has 1 aromatic rings. The Morgan fingerprint density at radius 2 is 2.11 bits per heavy atom. The summed E-state index contributed by atoms with van der Waals surface area (Å²) in [5, 5.41) is 8.60. The molecular formula is C13H15BrO5. The summed E-state index contributed by atoms with van der Waals surface area (Å²) in [5.41, 5.74) is 0.699. The highest BCUT2D eigenvalue weighted by Gasteiger charge is 2.10. The van der Waals surface area contributed by atoms with Gasteiger partial charge in [-0.2, -0.15) is 0 Å². The number of aliphatic carboxylic acids is 1. The summed E-state index contributed by atoms with van der Waals surface area (Å²) in [4.78, 5) is 10.5.